The van der Waals surface area contributed by atoms with Crippen LogP contribution < -0.4 is 15.1 Å². The molecule has 7 rings (SSSR count). The molecule has 2 saturated heterocycles. The number of nitrogens with one attached hydrogen (secondary N) is 1. The van der Waals surface area contributed by atoms with Gasteiger partial charge in [0.2, 0.25) is 0 Å². The van der Waals surface area contributed by atoms with Gasteiger partial charge in [-0.1, -0.05) is 53.0 Å². The van der Waals surface area contributed by atoms with E-state index in [-0.39, 0.29) is 47.9 Å². The SMILES string of the molecule is O=C1CC2(Nc3cccc(Cl)c3)C3C4C(CC(=O)C4N2c2cccc(Cl)c2)N(c2cccc(Cl)c2)C13. The average Bonchev–Trinajstić information content (AvgIpc) is 3.49. The highest BCUT2D eigenvalue weighted by Gasteiger charge is 2.77. The predicted octanol–water partition coefficient (Wildman–Crippen LogP) is 6.08. The van der Waals surface area contributed by atoms with Crippen molar-refractivity contribution >= 4 is 63.4 Å². The van der Waals surface area contributed by atoms with Gasteiger partial charge in [-0.2, -0.15) is 0 Å². The fourth-order valence-corrected chi connectivity index (χ4v) is 8.00. The minimum Gasteiger partial charge on any atom is -0.362 e. The lowest BCUT2D eigenvalue weighted by Crippen LogP contribution is -2.56. The Kier molecular flexibility index (Phi) is 4.92. The van der Waals surface area contributed by atoms with Crippen molar-refractivity contribution in [3.63, 3.8) is 0 Å². The van der Waals surface area contributed by atoms with Crippen LogP contribution >= 0.6 is 34.8 Å². The van der Waals surface area contributed by atoms with Crippen LogP contribution in [-0.4, -0.2) is 35.4 Å². The van der Waals surface area contributed by atoms with Gasteiger partial charge in [0.15, 0.2) is 11.6 Å². The van der Waals surface area contributed by atoms with Crippen LogP contribution in [0.1, 0.15) is 12.8 Å². The number of anilines is 3. The molecule has 5 nitrogen and oxygen atoms in total. The van der Waals surface area contributed by atoms with Crippen LogP contribution in [0.4, 0.5) is 17.1 Å². The van der Waals surface area contributed by atoms with E-state index < -0.39 is 5.66 Å². The lowest BCUT2D eigenvalue weighted by molar-refractivity contribution is -0.121. The minimum absolute atomic E-state index is 0.0152. The molecule has 6 atom stereocenters. The second-order valence-electron chi connectivity index (χ2n) is 10.2. The van der Waals surface area contributed by atoms with Crippen LogP contribution in [0.15, 0.2) is 72.8 Å². The lowest BCUT2D eigenvalue weighted by atomic mass is 9.86. The van der Waals surface area contributed by atoms with Crippen molar-refractivity contribution in [2.45, 2.75) is 36.6 Å². The number of Topliss-reactive ketones (excluding diaryl/α,β-unsaturated/α-hetero) is 2. The summed E-state index contributed by atoms with van der Waals surface area (Å²) in [5.74, 6) is 0.216. The maximum atomic E-state index is 13.9. The molecule has 6 unspecified atom stereocenters. The maximum absolute atomic E-state index is 13.9. The topological polar surface area (TPSA) is 52.7 Å². The zero-order valence-corrected chi connectivity index (χ0v) is 21.3. The molecule has 0 aromatic heterocycles. The zero-order chi connectivity index (χ0) is 24.8. The Labute approximate surface area is 223 Å². The van der Waals surface area contributed by atoms with E-state index in [0.717, 1.165) is 17.1 Å². The van der Waals surface area contributed by atoms with E-state index in [1.807, 2.05) is 72.8 Å². The van der Waals surface area contributed by atoms with Gasteiger partial charge in [0.25, 0.3) is 0 Å². The first-order valence-electron chi connectivity index (χ1n) is 12.1. The number of carbonyl (C=O) groups excluding carboxylic acids is 2. The number of benzene rings is 3. The summed E-state index contributed by atoms with van der Waals surface area (Å²) in [6, 6.07) is 21.9. The van der Waals surface area contributed by atoms with Crippen molar-refractivity contribution in [1.29, 1.82) is 0 Å². The van der Waals surface area contributed by atoms with Crippen LogP contribution in [0.3, 0.4) is 0 Å². The maximum Gasteiger partial charge on any atom is 0.159 e. The first-order valence-corrected chi connectivity index (χ1v) is 13.2. The standard InChI is InChI=1S/C28H22Cl3N3O2/c29-15-4-1-7-18(10-15)32-28-14-23(36)27-25(28)24-21(33(27)19-8-2-5-16(30)11-19)13-22(35)26(24)34(28)20-9-3-6-17(31)12-20/h1-12,21,24-27,32H,13-14H2. The van der Waals surface area contributed by atoms with E-state index in [9.17, 15) is 9.59 Å². The summed E-state index contributed by atoms with van der Waals surface area (Å²) in [7, 11) is 0. The summed E-state index contributed by atoms with van der Waals surface area (Å²) >= 11 is 19.1. The summed E-state index contributed by atoms with van der Waals surface area (Å²) < 4.78 is 0. The molecule has 0 amide bonds. The Hall–Kier alpha value is -2.73. The molecule has 1 N–H and O–H groups in total. The molecule has 36 heavy (non-hydrogen) atoms. The van der Waals surface area contributed by atoms with E-state index in [2.05, 4.69) is 15.1 Å². The van der Waals surface area contributed by atoms with Crippen molar-refractivity contribution in [3.05, 3.63) is 87.9 Å². The number of hydrogen-bond acceptors (Lipinski definition) is 5. The van der Waals surface area contributed by atoms with Crippen LogP contribution in [0.25, 0.3) is 0 Å². The fraction of sp³-hybridized carbons (Fsp3) is 0.286. The molecule has 0 radical (unpaired) electrons. The first kappa shape index (κ1) is 22.5. The van der Waals surface area contributed by atoms with E-state index in [1.165, 1.54) is 0 Å². The Morgan fingerprint density at radius 3 is 2.11 bits per heavy atom. The molecule has 2 saturated carbocycles. The molecule has 2 aliphatic carbocycles. The highest BCUT2D eigenvalue weighted by molar-refractivity contribution is 6.31. The average molecular weight is 539 g/mol. The molecule has 182 valence electrons. The number of carbonyl (C=O) groups is 2. The van der Waals surface area contributed by atoms with Crippen LogP contribution in [0, 0.1) is 11.8 Å². The Morgan fingerprint density at radius 2 is 1.42 bits per heavy atom. The minimum atomic E-state index is -0.798. The summed E-state index contributed by atoms with van der Waals surface area (Å²) in [6.45, 7) is 0. The van der Waals surface area contributed by atoms with Crippen molar-refractivity contribution < 1.29 is 9.59 Å². The van der Waals surface area contributed by atoms with Crippen molar-refractivity contribution in [2.75, 3.05) is 15.1 Å². The predicted molar refractivity (Wildman–Crippen MR) is 143 cm³/mol. The second-order valence-corrected chi connectivity index (χ2v) is 11.5. The van der Waals surface area contributed by atoms with Gasteiger partial charge in [-0.25, -0.2) is 0 Å². The van der Waals surface area contributed by atoms with Gasteiger partial charge in [-0.3, -0.25) is 9.59 Å². The third-order valence-corrected chi connectivity index (χ3v) is 9.08. The van der Waals surface area contributed by atoms with Gasteiger partial charge in [-0.15, -0.1) is 0 Å². The molecule has 0 bridgehead atoms. The summed E-state index contributed by atoms with van der Waals surface area (Å²) in [6.07, 6.45) is 0.651. The smallest absolute Gasteiger partial charge is 0.159 e. The highest BCUT2D eigenvalue weighted by atomic mass is 35.5. The van der Waals surface area contributed by atoms with Crippen molar-refractivity contribution in [2.24, 2.45) is 11.8 Å². The van der Waals surface area contributed by atoms with E-state index in [4.69, 9.17) is 34.8 Å². The van der Waals surface area contributed by atoms with E-state index in [1.54, 1.807) is 0 Å². The normalized spacial score (nSPS) is 31.9. The largest absolute Gasteiger partial charge is 0.362 e. The quantitative estimate of drug-likeness (QED) is 0.436. The molecule has 8 heteroatoms. The molecular weight excluding hydrogens is 517 g/mol. The number of ketones is 2. The molecular formula is C28H22Cl3N3O2. The van der Waals surface area contributed by atoms with E-state index >= 15 is 0 Å². The summed E-state index contributed by atoms with van der Waals surface area (Å²) in [4.78, 5) is 31.9. The Balaban J connectivity index is 1.43. The van der Waals surface area contributed by atoms with Gasteiger partial charge < -0.3 is 15.1 Å². The van der Waals surface area contributed by atoms with Gasteiger partial charge in [0.05, 0.1) is 18.5 Å². The fourth-order valence-electron chi connectivity index (χ4n) is 7.44. The van der Waals surface area contributed by atoms with Crippen LogP contribution in [0.2, 0.25) is 15.1 Å². The van der Waals surface area contributed by atoms with Gasteiger partial charge in [0.1, 0.15) is 5.66 Å². The second kappa shape index (κ2) is 7.88. The molecule has 2 heterocycles. The lowest BCUT2D eigenvalue weighted by Gasteiger charge is -2.43. The highest BCUT2D eigenvalue weighted by Crippen LogP contribution is 2.63. The molecule has 4 aliphatic rings. The van der Waals surface area contributed by atoms with Gasteiger partial charge in [-0.05, 0) is 54.6 Å². The number of halogens is 3. The van der Waals surface area contributed by atoms with Crippen molar-refractivity contribution in [1.82, 2.24) is 0 Å². The Bertz CT molecular complexity index is 1430. The van der Waals surface area contributed by atoms with Crippen LogP contribution in [0.5, 0.6) is 0 Å². The molecule has 4 fully saturated rings. The number of nitrogens with zero attached hydrogens (tertiary/aromatic N) is 2. The van der Waals surface area contributed by atoms with Gasteiger partial charge in [0, 0.05) is 56.4 Å². The monoisotopic (exact) mass is 537 g/mol. The van der Waals surface area contributed by atoms with Gasteiger partial charge >= 0.3 is 0 Å². The number of rotatable bonds is 4. The molecule has 2 aliphatic heterocycles. The molecule has 0 spiro atoms. The summed E-state index contributed by atoms with van der Waals surface area (Å²) in [5, 5.41) is 5.52. The van der Waals surface area contributed by atoms with Crippen molar-refractivity contribution in [3.8, 4) is 0 Å². The first-order chi connectivity index (χ1) is 17.4. The third kappa shape index (κ3) is 3.03. The van der Waals surface area contributed by atoms with E-state index in [0.29, 0.717) is 21.5 Å². The summed E-state index contributed by atoms with van der Waals surface area (Å²) in [5.41, 5.74) is 1.75. The zero-order valence-electron chi connectivity index (χ0n) is 19.1. The van der Waals surface area contributed by atoms with Crippen LogP contribution in [-0.2, 0) is 9.59 Å². The third-order valence-electron chi connectivity index (χ3n) is 8.37. The number of hydrogen-bond donors (Lipinski definition) is 1. The molecule has 3 aromatic rings. The molecule has 3 aromatic carbocycles. The Morgan fingerprint density at radius 1 is 0.778 bits per heavy atom.